The summed E-state index contributed by atoms with van der Waals surface area (Å²) in [4.78, 5) is 33.2. The Hall–Kier alpha value is -3.24. The van der Waals surface area contributed by atoms with Crippen molar-refractivity contribution in [3.8, 4) is 0 Å². The lowest BCUT2D eigenvalue weighted by atomic mass is 10.0. The van der Waals surface area contributed by atoms with Crippen molar-refractivity contribution in [2.45, 2.75) is 57.3 Å². The van der Waals surface area contributed by atoms with Gasteiger partial charge in [0.15, 0.2) is 0 Å². The van der Waals surface area contributed by atoms with E-state index in [0.717, 1.165) is 57.1 Å². The maximum atomic E-state index is 12.4. The van der Waals surface area contributed by atoms with Crippen LogP contribution in [0.15, 0.2) is 48.8 Å². The van der Waals surface area contributed by atoms with Crippen LogP contribution in [0, 0.1) is 5.92 Å². The molecule has 0 aromatic carbocycles. The Kier molecular flexibility index (Phi) is 7.92. The predicted molar refractivity (Wildman–Crippen MR) is 137 cm³/mol. The van der Waals surface area contributed by atoms with Gasteiger partial charge in [0.1, 0.15) is 31.6 Å². The zero-order valence-corrected chi connectivity index (χ0v) is 21.4. The summed E-state index contributed by atoms with van der Waals surface area (Å²) in [6, 6.07) is 11.2. The predicted octanol–water partition coefficient (Wildman–Crippen LogP) is 4.01. The van der Waals surface area contributed by atoms with Gasteiger partial charge in [-0.2, -0.15) is 0 Å². The number of carbonyl (C=O) groups is 2. The van der Waals surface area contributed by atoms with Gasteiger partial charge in [-0.3, -0.25) is 19.6 Å². The van der Waals surface area contributed by atoms with Crippen LogP contribution in [0.2, 0.25) is 0 Å². The van der Waals surface area contributed by atoms with E-state index in [1.165, 1.54) is 11.3 Å². The van der Waals surface area contributed by atoms with Gasteiger partial charge in [0, 0.05) is 49.0 Å². The molecule has 10 heteroatoms. The number of hydrogen-bond acceptors (Lipinski definition) is 10. The van der Waals surface area contributed by atoms with Gasteiger partial charge in [0.05, 0.1) is 12.8 Å². The fourth-order valence-electron chi connectivity index (χ4n) is 4.55. The van der Waals surface area contributed by atoms with E-state index in [1.807, 2.05) is 36.4 Å². The first-order valence-electron chi connectivity index (χ1n) is 12.1. The Bertz CT molecular complexity index is 1310. The minimum atomic E-state index is 0.0999. The minimum Gasteiger partial charge on any atom is -0.299 e. The molecule has 5 rings (SSSR count). The van der Waals surface area contributed by atoms with Gasteiger partial charge < -0.3 is 0 Å². The van der Waals surface area contributed by atoms with Gasteiger partial charge in [-0.25, -0.2) is 0 Å². The first-order chi connectivity index (χ1) is 17.6. The van der Waals surface area contributed by atoms with Crippen LogP contribution >= 0.6 is 22.7 Å². The number of rotatable bonds is 11. The van der Waals surface area contributed by atoms with E-state index in [4.69, 9.17) is 0 Å². The monoisotopic (exact) mass is 518 g/mol. The fraction of sp³-hybridized carbons (Fsp3) is 0.385. The minimum absolute atomic E-state index is 0.0999. The quantitative estimate of drug-likeness (QED) is 0.293. The van der Waals surface area contributed by atoms with Crippen molar-refractivity contribution in [2.24, 2.45) is 5.92 Å². The van der Waals surface area contributed by atoms with Gasteiger partial charge in [-0.05, 0) is 49.4 Å². The van der Waals surface area contributed by atoms with E-state index < -0.39 is 0 Å². The molecule has 36 heavy (non-hydrogen) atoms. The standard InChI is InChI=1S/C26H26N6O2S2/c33-21(13-19-5-1-3-9-27-19)15-24-30-29-23(35-24)12-17-7-8-18(11-17)26-32-31-25(36-26)16-22(34)14-20-6-2-4-10-28-20/h1-6,9-10,17-18H,7-8,11-16H2/t17-,18+/m1/s1. The van der Waals surface area contributed by atoms with Gasteiger partial charge >= 0.3 is 0 Å². The maximum Gasteiger partial charge on any atom is 0.145 e. The highest BCUT2D eigenvalue weighted by Crippen LogP contribution is 2.41. The third-order valence-electron chi connectivity index (χ3n) is 6.25. The van der Waals surface area contributed by atoms with E-state index in [9.17, 15) is 9.59 Å². The number of hydrogen-bond donors (Lipinski definition) is 0. The molecule has 0 radical (unpaired) electrons. The van der Waals surface area contributed by atoms with Crippen LogP contribution in [0.25, 0.3) is 0 Å². The third-order valence-corrected chi connectivity index (χ3v) is 8.28. The molecule has 0 aliphatic heterocycles. The van der Waals surface area contributed by atoms with Gasteiger partial charge in [-0.1, -0.05) is 12.1 Å². The average molecular weight is 519 g/mol. The first kappa shape index (κ1) is 24.5. The van der Waals surface area contributed by atoms with E-state index in [-0.39, 0.29) is 11.6 Å². The molecule has 4 aromatic rings. The number of aromatic nitrogens is 6. The summed E-state index contributed by atoms with van der Waals surface area (Å²) in [5, 5.41) is 20.8. The molecule has 0 spiro atoms. The van der Waals surface area contributed by atoms with E-state index >= 15 is 0 Å². The molecule has 4 heterocycles. The van der Waals surface area contributed by atoms with Crippen molar-refractivity contribution in [1.82, 2.24) is 30.4 Å². The van der Waals surface area contributed by atoms with Crippen LogP contribution in [0.1, 0.15) is 56.6 Å². The molecule has 8 nitrogen and oxygen atoms in total. The van der Waals surface area contributed by atoms with Crippen molar-refractivity contribution in [3.63, 3.8) is 0 Å². The number of carbonyl (C=O) groups excluding carboxylic acids is 2. The number of nitrogens with zero attached hydrogens (tertiary/aromatic N) is 6. The van der Waals surface area contributed by atoms with Crippen molar-refractivity contribution in [2.75, 3.05) is 0 Å². The normalized spacial score (nSPS) is 17.3. The topological polar surface area (TPSA) is 111 Å². The van der Waals surface area contributed by atoms with Crippen molar-refractivity contribution >= 4 is 34.2 Å². The Morgan fingerprint density at radius 3 is 1.97 bits per heavy atom. The molecule has 0 amide bonds. The molecule has 1 aliphatic carbocycles. The van der Waals surface area contributed by atoms with Crippen LogP contribution in [-0.4, -0.2) is 41.9 Å². The van der Waals surface area contributed by atoms with Gasteiger partial charge in [-0.15, -0.1) is 43.1 Å². The summed E-state index contributed by atoms with van der Waals surface area (Å²) < 4.78 is 0. The van der Waals surface area contributed by atoms with Crippen LogP contribution in [-0.2, 0) is 41.7 Å². The second kappa shape index (κ2) is 11.7. The Morgan fingerprint density at radius 1 is 0.722 bits per heavy atom. The highest BCUT2D eigenvalue weighted by atomic mass is 32.1. The smallest absolute Gasteiger partial charge is 0.145 e. The number of pyridine rings is 2. The molecule has 0 unspecified atom stereocenters. The SMILES string of the molecule is O=C(Cc1ccccn1)Cc1nnc(C[C@@H]2CC[C@H](c3nnc(CC(=O)Cc4ccccn4)s3)C2)s1. The van der Waals surface area contributed by atoms with Gasteiger partial charge in [0.25, 0.3) is 0 Å². The Balaban J connectivity index is 1.09. The first-order valence-corrected chi connectivity index (χ1v) is 13.7. The zero-order valence-electron chi connectivity index (χ0n) is 19.7. The lowest BCUT2D eigenvalue weighted by Crippen LogP contribution is -2.07. The van der Waals surface area contributed by atoms with E-state index in [0.29, 0.717) is 37.5 Å². The molecule has 0 saturated heterocycles. The van der Waals surface area contributed by atoms with Crippen molar-refractivity contribution in [3.05, 3.63) is 80.2 Å². The second-order valence-electron chi connectivity index (χ2n) is 9.13. The van der Waals surface area contributed by atoms with Crippen LogP contribution < -0.4 is 0 Å². The third kappa shape index (κ3) is 6.70. The molecule has 2 atom stereocenters. The van der Waals surface area contributed by atoms with Crippen LogP contribution in [0.3, 0.4) is 0 Å². The summed E-state index contributed by atoms with van der Waals surface area (Å²) in [6.07, 6.45) is 8.71. The Labute approximate surface area is 217 Å². The molecule has 0 N–H and O–H groups in total. The molecular weight excluding hydrogens is 492 g/mol. The molecular formula is C26H26N6O2S2. The molecule has 184 valence electrons. The summed E-state index contributed by atoms with van der Waals surface area (Å²) in [5.41, 5.74) is 1.56. The second-order valence-corrected chi connectivity index (χ2v) is 11.4. The summed E-state index contributed by atoms with van der Waals surface area (Å²) in [6.45, 7) is 0. The lowest BCUT2D eigenvalue weighted by molar-refractivity contribution is -0.118. The van der Waals surface area contributed by atoms with E-state index in [2.05, 4.69) is 30.4 Å². The van der Waals surface area contributed by atoms with Crippen molar-refractivity contribution in [1.29, 1.82) is 0 Å². The van der Waals surface area contributed by atoms with E-state index in [1.54, 1.807) is 23.7 Å². The zero-order chi connectivity index (χ0) is 24.7. The lowest BCUT2D eigenvalue weighted by Gasteiger charge is -2.06. The van der Waals surface area contributed by atoms with Gasteiger partial charge in [0.2, 0.25) is 0 Å². The van der Waals surface area contributed by atoms with Crippen LogP contribution in [0.4, 0.5) is 0 Å². The fourth-order valence-corrected chi connectivity index (χ4v) is 6.55. The molecule has 4 aromatic heterocycles. The number of ketones is 2. The summed E-state index contributed by atoms with van der Waals surface area (Å²) in [7, 11) is 0. The maximum absolute atomic E-state index is 12.4. The molecule has 1 fully saturated rings. The average Bonchev–Trinajstić information content (AvgIpc) is 3.62. The largest absolute Gasteiger partial charge is 0.299 e. The molecule has 1 aliphatic rings. The molecule has 1 saturated carbocycles. The number of Topliss-reactive ketones (excluding diaryl/α,β-unsaturated/α-hetero) is 2. The Morgan fingerprint density at radius 2 is 1.33 bits per heavy atom. The van der Waals surface area contributed by atoms with Crippen LogP contribution in [0.5, 0.6) is 0 Å². The summed E-state index contributed by atoms with van der Waals surface area (Å²) >= 11 is 3.09. The highest BCUT2D eigenvalue weighted by molar-refractivity contribution is 7.11. The molecule has 0 bridgehead atoms. The van der Waals surface area contributed by atoms with Crippen molar-refractivity contribution < 1.29 is 9.59 Å². The summed E-state index contributed by atoms with van der Waals surface area (Å²) in [5.74, 6) is 1.09. The highest BCUT2D eigenvalue weighted by Gasteiger charge is 2.29.